The van der Waals surface area contributed by atoms with Gasteiger partial charge in [-0.3, -0.25) is 14.4 Å². The molecule has 0 bridgehead atoms. The Kier molecular flexibility index (Phi) is 8.26. The van der Waals surface area contributed by atoms with Crippen molar-refractivity contribution in [3.8, 4) is 0 Å². The van der Waals surface area contributed by atoms with Gasteiger partial charge in [-0.25, -0.2) is 13.2 Å². The van der Waals surface area contributed by atoms with E-state index >= 15 is 0 Å². The van der Waals surface area contributed by atoms with E-state index in [0.29, 0.717) is 30.0 Å². The number of nitrogens with zero attached hydrogens (tertiary/aromatic N) is 1. The second-order valence-corrected chi connectivity index (χ2v) is 9.51. The number of hydrogen-bond acceptors (Lipinski definition) is 5. The maximum absolute atomic E-state index is 14.3. The van der Waals surface area contributed by atoms with Crippen molar-refractivity contribution < 1.29 is 33.0 Å². The van der Waals surface area contributed by atoms with E-state index < -0.39 is 46.4 Å². The summed E-state index contributed by atoms with van der Waals surface area (Å²) in [5.74, 6) is -4.88. The Bertz CT molecular complexity index is 1450. The number of aliphatic hydroxyl groups excluding tert-OH is 2. The molecular formula is C29H26F3NO5. The number of benzene rings is 2. The molecule has 2 atom stereocenters. The number of carbonyl (C=O) groups is 2. The molecule has 1 fully saturated rings. The Morgan fingerprint density at radius 1 is 0.974 bits per heavy atom. The van der Waals surface area contributed by atoms with E-state index in [2.05, 4.69) is 0 Å². The third-order valence-electron chi connectivity index (χ3n) is 6.70. The Hall–Kier alpha value is -3.98. The van der Waals surface area contributed by atoms with Crippen LogP contribution in [0.3, 0.4) is 0 Å². The molecule has 4 rings (SSSR count). The standard InChI is InChI=1S/C29H26F3NO5/c30-21-7-4-17(5-8-21)15-33-16-18(10-19-6-9-22(31)13-24(19)32)11-23(29(33)38)26(35)14-28(37)27(36)12-20-2-1-3-25(20)34/h4-9,11,13-14,16,20,25,34-35H,1-3,10,12,15H2/t20-,25+/m0/s1. The number of ketones is 2. The summed E-state index contributed by atoms with van der Waals surface area (Å²) in [7, 11) is 0. The van der Waals surface area contributed by atoms with Crippen molar-refractivity contribution in [2.45, 2.75) is 44.8 Å². The van der Waals surface area contributed by atoms with Crippen molar-refractivity contribution in [1.29, 1.82) is 0 Å². The van der Waals surface area contributed by atoms with E-state index in [0.717, 1.165) is 18.6 Å². The highest BCUT2D eigenvalue weighted by Crippen LogP contribution is 2.28. The quantitative estimate of drug-likeness (QED) is 0.244. The number of halogens is 3. The lowest BCUT2D eigenvalue weighted by Crippen LogP contribution is -2.25. The maximum atomic E-state index is 14.3. The van der Waals surface area contributed by atoms with Gasteiger partial charge in [0, 0.05) is 31.2 Å². The Morgan fingerprint density at radius 2 is 1.68 bits per heavy atom. The number of aromatic nitrogens is 1. The van der Waals surface area contributed by atoms with E-state index in [1.54, 1.807) is 0 Å². The van der Waals surface area contributed by atoms with Crippen LogP contribution in [-0.4, -0.2) is 32.5 Å². The van der Waals surface area contributed by atoms with Gasteiger partial charge in [-0.1, -0.05) is 24.6 Å². The van der Waals surface area contributed by atoms with E-state index in [9.17, 15) is 37.8 Å². The monoisotopic (exact) mass is 525 g/mol. The highest BCUT2D eigenvalue weighted by atomic mass is 19.1. The first-order chi connectivity index (χ1) is 18.1. The van der Waals surface area contributed by atoms with Crippen LogP contribution in [0.25, 0.3) is 5.76 Å². The molecule has 1 aromatic heterocycles. The molecule has 0 amide bonds. The molecule has 6 nitrogen and oxygen atoms in total. The molecule has 3 aromatic rings. The third-order valence-corrected chi connectivity index (χ3v) is 6.70. The van der Waals surface area contributed by atoms with Crippen molar-refractivity contribution in [2.24, 2.45) is 5.92 Å². The molecular weight excluding hydrogens is 499 g/mol. The summed E-state index contributed by atoms with van der Waals surface area (Å²) in [5, 5.41) is 20.6. The summed E-state index contributed by atoms with van der Waals surface area (Å²) in [5.41, 5.74) is 0.0654. The molecule has 0 radical (unpaired) electrons. The van der Waals surface area contributed by atoms with Gasteiger partial charge in [-0.15, -0.1) is 0 Å². The zero-order valence-corrected chi connectivity index (χ0v) is 20.4. The topological polar surface area (TPSA) is 96.6 Å². The van der Waals surface area contributed by atoms with Gasteiger partial charge in [-0.05, 0) is 59.7 Å². The lowest BCUT2D eigenvalue weighted by Gasteiger charge is -2.13. The van der Waals surface area contributed by atoms with Gasteiger partial charge in [0.25, 0.3) is 5.56 Å². The minimum atomic E-state index is -1.01. The molecule has 38 heavy (non-hydrogen) atoms. The van der Waals surface area contributed by atoms with Gasteiger partial charge >= 0.3 is 0 Å². The van der Waals surface area contributed by atoms with Crippen molar-refractivity contribution >= 4 is 17.3 Å². The zero-order valence-electron chi connectivity index (χ0n) is 20.4. The minimum Gasteiger partial charge on any atom is -0.507 e. The predicted octanol–water partition coefficient (Wildman–Crippen LogP) is 4.49. The van der Waals surface area contributed by atoms with Crippen LogP contribution in [0.1, 0.15) is 47.9 Å². The van der Waals surface area contributed by atoms with E-state index in [1.165, 1.54) is 47.2 Å². The van der Waals surface area contributed by atoms with Crippen LogP contribution in [-0.2, 0) is 22.6 Å². The normalized spacial score (nSPS) is 17.5. The van der Waals surface area contributed by atoms with Crippen LogP contribution < -0.4 is 5.56 Å². The molecule has 0 aliphatic heterocycles. The van der Waals surface area contributed by atoms with E-state index in [-0.39, 0.29) is 36.4 Å². The SMILES string of the molecule is O=C(C=C(O)c1cc(Cc2ccc(F)cc2F)cn(Cc2ccc(F)cc2)c1=O)C(=O)C[C@@H]1CCC[C@H]1O. The highest BCUT2D eigenvalue weighted by molar-refractivity contribution is 6.42. The second-order valence-electron chi connectivity index (χ2n) is 9.51. The molecule has 1 aliphatic carbocycles. The summed E-state index contributed by atoms with van der Waals surface area (Å²) in [6.07, 6.45) is 3.14. The van der Waals surface area contributed by atoms with Gasteiger partial charge in [0.15, 0.2) is 0 Å². The Balaban J connectivity index is 1.67. The molecule has 2 aromatic carbocycles. The molecule has 0 saturated heterocycles. The molecule has 0 spiro atoms. The highest BCUT2D eigenvalue weighted by Gasteiger charge is 2.29. The second kappa shape index (κ2) is 11.6. The smallest absolute Gasteiger partial charge is 0.261 e. The summed E-state index contributed by atoms with van der Waals surface area (Å²) in [4.78, 5) is 38.1. The molecule has 1 aliphatic rings. The predicted molar refractivity (Wildman–Crippen MR) is 134 cm³/mol. The number of hydrogen-bond donors (Lipinski definition) is 2. The number of allylic oxidation sites excluding steroid dienone is 1. The van der Waals surface area contributed by atoms with Crippen LogP contribution in [0.4, 0.5) is 13.2 Å². The summed E-state index contributed by atoms with van der Waals surface area (Å²) < 4.78 is 42.2. The largest absolute Gasteiger partial charge is 0.507 e. The summed E-state index contributed by atoms with van der Waals surface area (Å²) in [6, 6.07) is 9.76. The van der Waals surface area contributed by atoms with Gasteiger partial charge in [0.05, 0.1) is 18.2 Å². The van der Waals surface area contributed by atoms with Crippen molar-refractivity contribution in [3.63, 3.8) is 0 Å². The van der Waals surface area contributed by atoms with Crippen LogP contribution in [0, 0.1) is 23.4 Å². The maximum Gasteiger partial charge on any atom is 0.261 e. The molecule has 9 heteroatoms. The van der Waals surface area contributed by atoms with Crippen LogP contribution in [0.15, 0.2) is 65.6 Å². The first kappa shape index (κ1) is 27.1. The van der Waals surface area contributed by atoms with Gasteiger partial charge < -0.3 is 14.8 Å². The molecule has 1 heterocycles. The minimum absolute atomic E-state index is 0.0222. The van der Waals surface area contributed by atoms with Crippen molar-refractivity contribution in [3.05, 3.63) is 111 Å². The zero-order chi connectivity index (χ0) is 27.4. The fraction of sp³-hybridized carbons (Fsp3) is 0.276. The lowest BCUT2D eigenvalue weighted by atomic mass is 9.96. The number of pyridine rings is 1. The van der Waals surface area contributed by atoms with E-state index in [4.69, 9.17) is 0 Å². The van der Waals surface area contributed by atoms with Crippen molar-refractivity contribution in [2.75, 3.05) is 0 Å². The van der Waals surface area contributed by atoms with Crippen LogP contribution in [0.5, 0.6) is 0 Å². The Morgan fingerprint density at radius 3 is 2.34 bits per heavy atom. The first-order valence-corrected chi connectivity index (χ1v) is 12.2. The van der Waals surface area contributed by atoms with Gasteiger partial charge in [0.2, 0.25) is 11.6 Å². The van der Waals surface area contributed by atoms with Crippen molar-refractivity contribution in [1.82, 2.24) is 4.57 Å². The molecule has 1 saturated carbocycles. The molecule has 0 unspecified atom stereocenters. The summed E-state index contributed by atoms with van der Waals surface area (Å²) >= 11 is 0. The fourth-order valence-electron chi connectivity index (χ4n) is 4.64. The van der Waals surface area contributed by atoms with Gasteiger partial charge in [0.1, 0.15) is 23.2 Å². The third kappa shape index (κ3) is 6.47. The number of rotatable bonds is 9. The lowest BCUT2D eigenvalue weighted by molar-refractivity contribution is -0.134. The van der Waals surface area contributed by atoms with E-state index in [1.807, 2.05) is 0 Å². The van der Waals surface area contributed by atoms with Crippen LogP contribution >= 0.6 is 0 Å². The van der Waals surface area contributed by atoms with Gasteiger partial charge in [-0.2, -0.15) is 0 Å². The summed E-state index contributed by atoms with van der Waals surface area (Å²) in [6.45, 7) is -0.0222. The fourth-order valence-corrected chi connectivity index (χ4v) is 4.64. The average Bonchev–Trinajstić information content (AvgIpc) is 3.28. The molecule has 198 valence electrons. The average molecular weight is 526 g/mol. The number of Topliss-reactive ketones (excluding diaryl/α,β-unsaturated/α-hetero) is 1. The Labute approximate surface area is 216 Å². The number of aliphatic hydroxyl groups is 2. The number of carbonyl (C=O) groups excluding carboxylic acids is 2. The molecule has 2 N–H and O–H groups in total. The van der Waals surface area contributed by atoms with Crippen LogP contribution in [0.2, 0.25) is 0 Å². The first-order valence-electron chi connectivity index (χ1n) is 12.2.